The van der Waals surface area contributed by atoms with Crippen molar-refractivity contribution >= 4 is 33.9 Å². The Hall–Kier alpha value is -4.39. The predicted molar refractivity (Wildman–Crippen MR) is 154 cm³/mol. The van der Waals surface area contributed by atoms with Crippen molar-refractivity contribution in [2.24, 2.45) is 0 Å². The van der Waals surface area contributed by atoms with Gasteiger partial charge in [0.1, 0.15) is 6.07 Å². The van der Waals surface area contributed by atoms with Gasteiger partial charge in [-0.3, -0.25) is 9.99 Å². The second kappa shape index (κ2) is 11.0. The summed E-state index contributed by atoms with van der Waals surface area (Å²) < 4.78 is 74.0. The van der Waals surface area contributed by atoms with Crippen LogP contribution in [0, 0.1) is 17.3 Å². The second-order valence-electron chi connectivity index (χ2n) is 9.29. The van der Waals surface area contributed by atoms with E-state index < -0.39 is 31.2 Å². The molecule has 1 aliphatic heterocycles. The molecule has 202 valence electrons. The van der Waals surface area contributed by atoms with Crippen molar-refractivity contribution in [3.63, 3.8) is 0 Å². The summed E-state index contributed by atoms with van der Waals surface area (Å²) in [5.41, 5.74) is 6.87. The lowest BCUT2D eigenvalue weighted by atomic mass is 10.0. The van der Waals surface area contributed by atoms with Crippen molar-refractivity contribution in [3.8, 4) is 6.07 Å². The van der Waals surface area contributed by atoms with Crippen LogP contribution in [0.5, 0.6) is 0 Å². The number of fused-ring (bicyclic) bond motifs is 1. The third-order valence-corrected chi connectivity index (χ3v) is 6.85. The Morgan fingerprint density at radius 3 is 2.77 bits per heavy atom. The van der Waals surface area contributed by atoms with Gasteiger partial charge < -0.3 is 16.1 Å². The molecule has 0 radical (unpaired) electrons. The van der Waals surface area contributed by atoms with Gasteiger partial charge in [-0.05, 0) is 48.5 Å². The van der Waals surface area contributed by atoms with E-state index in [9.17, 15) is 12.4 Å². The number of nitrogens with one attached hydrogen (secondary N) is 4. The van der Waals surface area contributed by atoms with E-state index in [1.807, 2.05) is 11.1 Å². The quantitative estimate of drug-likeness (QED) is 0.176. The van der Waals surface area contributed by atoms with Crippen molar-refractivity contribution in [2.45, 2.75) is 44.1 Å². The van der Waals surface area contributed by atoms with E-state index in [4.69, 9.17) is 18.5 Å². The Bertz CT molecular complexity index is 1900. The number of aromatic nitrogens is 2. The number of hydrazine groups is 2. The normalized spacial score (nSPS) is 21.0. The predicted octanol–water partition coefficient (Wildman–Crippen LogP) is 6.34. The summed E-state index contributed by atoms with van der Waals surface area (Å²) in [7, 11) is 0. The molecular formula is C30H28ClFN8. The van der Waals surface area contributed by atoms with Crippen LogP contribution < -0.4 is 21.6 Å². The number of halogens is 2. The average molecular weight is 562 g/mol. The van der Waals surface area contributed by atoms with Gasteiger partial charge in [0.15, 0.2) is 0 Å². The summed E-state index contributed by atoms with van der Waals surface area (Å²) in [6.07, 6.45) is 2.94. The summed E-state index contributed by atoms with van der Waals surface area (Å²) in [4.78, 5) is 8.06. The number of benzene rings is 2. The zero-order chi connectivity index (χ0) is 33.8. The van der Waals surface area contributed by atoms with Gasteiger partial charge >= 0.3 is 0 Å². The van der Waals surface area contributed by atoms with Crippen LogP contribution in [0.3, 0.4) is 0 Å². The van der Waals surface area contributed by atoms with Gasteiger partial charge in [-0.2, -0.15) is 9.65 Å². The van der Waals surface area contributed by atoms with E-state index in [1.54, 1.807) is 24.4 Å². The van der Waals surface area contributed by atoms with Crippen molar-refractivity contribution in [2.75, 3.05) is 10.6 Å². The van der Waals surface area contributed by atoms with E-state index in [1.165, 1.54) is 42.7 Å². The topological polar surface area (TPSA) is 101 Å². The summed E-state index contributed by atoms with van der Waals surface area (Å²) in [5, 5.41) is 18.0. The van der Waals surface area contributed by atoms with Gasteiger partial charge in [0.25, 0.3) is 0 Å². The van der Waals surface area contributed by atoms with Gasteiger partial charge in [-0.15, -0.1) is 5.53 Å². The molecule has 2 atom stereocenters. The summed E-state index contributed by atoms with van der Waals surface area (Å²) in [5.74, 6) is -0.726. The highest BCUT2D eigenvalue weighted by Gasteiger charge is 2.32. The standard InChI is InChI=1S/C30H28ClFN8/c1-2-25(18-6-4-3-5-7-18)37-28-20(14-33)16-35-30-23(28)12-21(13-24(30)31)36-29(19-8-11-27(32)34-15-19)26-17-40(39-38-26)22-9-10-22/h3-8,11-13,15-17,22,25,29,36,38-39H,2,9-10H2,1H3,(H,35,37)/t25-,29+/m1/s1/i1D3,2D2,25D,29D. The van der Waals surface area contributed by atoms with Crippen LogP contribution in [-0.4, -0.2) is 21.0 Å². The third-order valence-electron chi connectivity index (χ3n) is 6.57. The maximum Gasteiger partial charge on any atom is 0.212 e. The monoisotopic (exact) mass is 561 g/mol. The molecule has 10 heteroatoms. The minimum absolute atomic E-state index is 0.00343. The third kappa shape index (κ3) is 5.24. The van der Waals surface area contributed by atoms with Crippen molar-refractivity contribution in [1.82, 2.24) is 25.9 Å². The van der Waals surface area contributed by atoms with Crippen LogP contribution in [0.15, 0.2) is 78.9 Å². The highest BCUT2D eigenvalue weighted by molar-refractivity contribution is 6.35. The molecule has 2 aliphatic rings. The molecular weight excluding hydrogens is 527 g/mol. The fourth-order valence-corrected chi connectivity index (χ4v) is 4.69. The van der Waals surface area contributed by atoms with Gasteiger partial charge in [-0.1, -0.05) is 54.9 Å². The van der Waals surface area contributed by atoms with E-state index in [2.05, 4.69) is 31.6 Å². The van der Waals surface area contributed by atoms with Crippen LogP contribution >= 0.6 is 11.6 Å². The number of nitriles is 1. The summed E-state index contributed by atoms with van der Waals surface area (Å²) >= 11 is 6.71. The zero-order valence-corrected chi connectivity index (χ0v) is 21.7. The molecule has 8 nitrogen and oxygen atoms in total. The number of rotatable bonds is 9. The van der Waals surface area contributed by atoms with E-state index in [0.717, 1.165) is 18.9 Å². The van der Waals surface area contributed by atoms with E-state index in [-0.39, 0.29) is 50.0 Å². The molecule has 1 fully saturated rings. The van der Waals surface area contributed by atoms with Gasteiger partial charge in [-0.25, -0.2) is 4.98 Å². The Balaban J connectivity index is 1.51. The van der Waals surface area contributed by atoms with Crippen molar-refractivity contribution in [3.05, 3.63) is 107 Å². The molecule has 0 bridgehead atoms. The van der Waals surface area contributed by atoms with Crippen LogP contribution in [0.2, 0.25) is 5.02 Å². The summed E-state index contributed by atoms with van der Waals surface area (Å²) in [6, 6.07) is 11.0. The van der Waals surface area contributed by atoms with E-state index in [0.29, 0.717) is 5.70 Å². The molecule has 2 aromatic carbocycles. The molecule has 0 unspecified atom stereocenters. The molecule has 3 heterocycles. The first-order valence-electron chi connectivity index (χ1n) is 16.0. The lowest BCUT2D eigenvalue weighted by Gasteiger charge is -2.23. The largest absolute Gasteiger partial charge is 0.377 e. The molecule has 4 aromatic rings. The lowest BCUT2D eigenvalue weighted by Crippen LogP contribution is -2.38. The summed E-state index contributed by atoms with van der Waals surface area (Å²) in [6.45, 7) is -3.25. The zero-order valence-electron chi connectivity index (χ0n) is 28.0. The average Bonchev–Trinajstić information content (AvgIpc) is 3.76. The molecule has 40 heavy (non-hydrogen) atoms. The molecule has 0 amide bonds. The Kier molecular flexibility index (Phi) is 5.18. The van der Waals surface area contributed by atoms with Crippen LogP contribution in [-0.2, 0) is 0 Å². The first kappa shape index (κ1) is 18.8. The molecule has 0 saturated heterocycles. The van der Waals surface area contributed by atoms with E-state index >= 15 is 0 Å². The van der Waals surface area contributed by atoms with Gasteiger partial charge in [0.2, 0.25) is 5.95 Å². The molecule has 2 aromatic heterocycles. The Labute approximate surface area is 246 Å². The minimum Gasteiger partial charge on any atom is -0.377 e. The Morgan fingerprint density at radius 1 is 1.20 bits per heavy atom. The first-order chi connectivity index (χ1) is 22.2. The number of hydrogen-bond acceptors (Lipinski definition) is 8. The number of nitrogens with zero attached hydrogens (tertiary/aromatic N) is 4. The fourth-order valence-electron chi connectivity index (χ4n) is 4.42. The maximum absolute atomic E-state index is 13.8. The van der Waals surface area contributed by atoms with Crippen LogP contribution in [0.4, 0.5) is 15.8 Å². The number of pyridine rings is 2. The highest BCUT2D eigenvalue weighted by Crippen LogP contribution is 2.38. The molecule has 1 saturated carbocycles. The van der Waals surface area contributed by atoms with Crippen molar-refractivity contribution < 1.29 is 14.0 Å². The maximum atomic E-state index is 13.8. The molecule has 6 rings (SSSR count). The molecule has 1 aliphatic carbocycles. The van der Waals surface area contributed by atoms with Crippen LogP contribution in [0.25, 0.3) is 10.9 Å². The first-order valence-corrected chi connectivity index (χ1v) is 12.8. The van der Waals surface area contributed by atoms with Gasteiger partial charge in [0, 0.05) is 42.6 Å². The second-order valence-corrected chi connectivity index (χ2v) is 9.70. The minimum atomic E-state index is -3.25. The van der Waals surface area contributed by atoms with Gasteiger partial charge in [0.05, 0.1) is 42.3 Å². The SMILES string of the molecule is [2H]C([2H])([2H])C([2H])([2H])[C@@]([2H])(Nc1c(C#N)cnc2c(Cl)cc(N[C@]([2H])(C3=CN(C4CC4)NN3)c3ccc(F)nc3)cc12)c1ccccc1. The van der Waals surface area contributed by atoms with Crippen LogP contribution in [0.1, 0.15) is 64.4 Å². The Morgan fingerprint density at radius 2 is 2.05 bits per heavy atom. The smallest absolute Gasteiger partial charge is 0.212 e. The highest BCUT2D eigenvalue weighted by atomic mass is 35.5. The number of anilines is 2. The molecule has 4 N–H and O–H groups in total. The number of hydrogen-bond donors (Lipinski definition) is 4. The molecule has 0 spiro atoms. The lowest BCUT2D eigenvalue weighted by molar-refractivity contribution is 0.260. The van der Waals surface area contributed by atoms with Crippen molar-refractivity contribution in [1.29, 1.82) is 5.26 Å². The fraction of sp³-hybridized carbons (Fsp3) is 0.233.